The highest BCUT2D eigenvalue weighted by atomic mass is 35.5. The summed E-state index contributed by atoms with van der Waals surface area (Å²) in [6, 6.07) is 5.92. The first-order valence-corrected chi connectivity index (χ1v) is 12.1. The number of halogens is 1. The van der Waals surface area contributed by atoms with Gasteiger partial charge in [-0.15, -0.1) is 11.3 Å². The van der Waals surface area contributed by atoms with Gasteiger partial charge in [-0.2, -0.15) is 0 Å². The maximum atomic E-state index is 12.2. The maximum Gasteiger partial charge on any atom is 0.226 e. The predicted molar refractivity (Wildman–Crippen MR) is 114 cm³/mol. The molecule has 1 aromatic heterocycles. The molecule has 1 fully saturated rings. The summed E-state index contributed by atoms with van der Waals surface area (Å²) in [6.45, 7) is 3.16. The fourth-order valence-electron chi connectivity index (χ4n) is 3.17. The molecule has 9 heteroatoms. The highest BCUT2D eigenvalue weighted by molar-refractivity contribution is 7.89. The molecule has 2 aromatic rings. The summed E-state index contributed by atoms with van der Waals surface area (Å²) >= 11 is 7.74. The van der Waals surface area contributed by atoms with Gasteiger partial charge in [0.15, 0.2) is 5.13 Å². The first kappa shape index (κ1) is 21.2. The van der Waals surface area contributed by atoms with E-state index in [1.54, 1.807) is 6.20 Å². The van der Waals surface area contributed by atoms with Crippen molar-refractivity contribution >= 4 is 44.0 Å². The zero-order chi connectivity index (χ0) is 20.1. The summed E-state index contributed by atoms with van der Waals surface area (Å²) in [5, 5.41) is 4.03. The van der Waals surface area contributed by atoms with Crippen molar-refractivity contribution in [1.29, 1.82) is 0 Å². The minimum Gasteiger partial charge on any atom is -0.302 e. The number of hydrogen-bond acceptors (Lipinski definition) is 5. The van der Waals surface area contributed by atoms with E-state index in [2.05, 4.69) is 10.3 Å². The Balaban J connectivity index is 1.48. The second-order valence-corrected chi connectivity index (χ2v) is 10.5. The van der Waals surface area contributed by atoms with Crippen LogP contribution >= 0.6 is 22.9 Å². The molecule has 2 heterocycles. The molecule has 0 aliphatic carbocycles. The number of hydrogen-bond donors (Lipinski definition) is 1. The van der Waals surface area contributed by atoms with Crippen LogP contribution in [0.4, 0.5) is 5.13 Å². The highest BCUT2D eigenvalue weighted by Gasteiger charge is 2.24. The Morgan fingerprint density at radius 1 is 1.32 bits per heavy atom. The lowest BCUT2D eigenvalue weighted by Gasteiger charge is -2.14. The summed E-state index contributed by atoms with van der Waals surface area (Å²) in [5.74, 6) is -0.207. The molecular formula is C19H24ClN3O3S2. The number of carbonyl (C=O) groups excluding carboxylic acids is 1. The number of thiazole rings is 1. The Labute approximate surface area is 175 Å². The largest absolute Gasteiger partial charge is 0.302 e. The molecule has 1 aliphatic heterocycles. The first-order valence-electron chi connectivity index (χ1n) is 9.31. The van der Waals surface area contributed by atoms with Crippen LogP contribution in [0.2, 0.25) is 5.02 Å². The second kappa shape index (κ2) is 9.35. The third-order valence-corrected chi connectivity index (χ3v) is 8.11. The van der Waals surface area contributed by atoms with Gasteiger partial charge in [0.2, 0.25) is 15.9 Å². The molecule has 0 spiro atoms. The molecule has 1 saturated heterocycles. The van der Waals surface area contributed by atoms with E-state index in [-0.39, 0.29) is 18.1 Å². The summed E-state index contributed by atoms with van der Waals surface area (Å²) in [4.78, 5) is 17.4. The number of nitrogens with zero attached hydrogens (tertiary/aromatic N) is 2. The molecule has 1 N–H and O–H groups in total. The lowest BCUT2D eigenvalue weighted by atomic mass is 10.1. The van der Waals surface area contributed by atoms with Crippen molar-refractivity contribution in [2.45, 2.75) is 39.0 Å². The zero-order valence-corrected chi connectivity index (χ0v) is 18.2. The zero-order valence-electron chi connectivity index (χ0n) is 15.8. The molecule has 0 atom stereocenters. The fourth-order valence-corrected chi connectivity index (χ4v) is 5.80. The second-order valence-electron chi connectivity index (χ2n) is 6.93. The van der Waals surface area contributed by atoms with Crippen molar-refractivity contribution in [3.05, 3.63) is 45.4 Å². The van der Waals surface area contributed by atoms with Crippen molar-refractivity contribution in [2.24, 2.45) is 0 Å². The third-order valence-electron chi connectivity index (χ3n) is 4.70. The fraction of sp³-hybridized carbons (Fsp3) is 0.474. The summed E-state index contributed by atoms with van der Waals surface area (Å²) in [7, 11) is -3.24. The third kappa shape index (κ3) is 5.53. The van der Waals surface area contributed by atoms with Gasteiger partial charge in [-0.3, -0.25) is 4.79 Å². The Morgan fingerprint density at radius 2 is 2.07 bits per heavy atom. The van der Waals surface area contributed by atoms with Crippen LogP contribution in [0.1, 0.15) is 41.7 Å². The minimum atomic E-state index is -3.24. The van der Waals surface area contributed by atoms with Crippen molar-refractivity contribution in [3.8, 4) is 0 Å². The van der Waals surface area contributed by atoms with Crippen LogP contribution in [0.15, 0.2) is 24.4 Å². The van der Waals surface area contributed by atoms with E-state index < -0.39 is 10.0 Å². The average Bonchev–Trinajstić information content (AvgIpc) is 3.31. The van der Waals surface area contributed by atoms with Crippen LogP contribution < -0.4 is 5.32 Å². The molecule has 0 saturated carbocycles. The Hall–Kier alpha value is -1.48. The normalized spacial score (nSPS) is 15.1. The lowest BCUT2D eigenvalue weighted by molar-refractivity contribution is -0.116. The van der Waals surface area contributed by atoms with Gasteiger partial charge in [-0.05, 0) is 37.3 Å². The number of amides is 1. The Kier molecular flexibility index (Phi) is 7.09. The van der Waals surface area contributed by atoms with Crippen molar-refractivity contribution in [1.82, 2.24) is 9.29 Å². The first-order chi connectivity index (χ1) is 13.3. The van der Waals surface area contributed by atoms with Gasteiger partial charge in [0.05, 0.1) is 5.75 Å². The summed E-state index contributed by atoms with van der Waals surface area (Å²) < 4.78 is 25.9. The summed E-state index contributed by atoms with van der Waals surface area (Å²) in [5.41, 5.74) is 2.05. The molecule has 0 bridgehead atoms. The van der Waals surface area contributed by atoms with Gasteiger partial charge in [0.1, 0.15) is 0 Å². The van der Waals surface area contributed by atoms with Gasteiger partial charge in [-0.1, -0.05) is 29.8 Å². The summed E-state index contributed by atoms with van der Waals surface area (Å²) in [6.07, 6.45) is 4.69. The number of rotatable bonds is 8. The van der Waals surface area contributed by atoms with E-state index in [0.29, 0.717) is 31.1 Å². The van der Waals surface area contributed by atoms with Crippen LogP contribution in [0.25, 0.3) is 0 Å². The average molecular weight is 442 g/mol. The van der Waals surface area contributed by atoms with Crippen molar-refractivity contribution < 1.29 is 13.2 Å². The van der Waals surface area contributed by atoms with Crippen LogP contribution in [-0.2, 0) is 21.2 Å². The van der Waals surface area contributed by atoms with E-state index in [1.165, 1.54) is 15.6 Å². The van der Waals surface area contributed by atoms with Crippen molar-refractivity contribution in [2.75, 3.05) is 24.2 Å². The van der Waals surface area contributed by atoms with Gasteiger partial charge >= 0.3 is 0 Å². The molecule has 6 nitrogen and oxygen atoms in total. The van der Waals surface area contributed by atoms with Crippen LogP contribution in [0, 0.1) is 6.92 Å². The topological polar surface area (TPSA) is 79.4 Å². The number of anilines is 1. The Morgan fingerprint density at radius 3 is 2.82 bits per heavy atom. The highest BCUT2D eigenvalue weighted by Crippen LogP contribution is 2.26. The van der Waals surface area contributed by atoms with Crippen LogP contribution in [0.5, 0.6) is 0 Å². The molecule has 0 radical (unpaired) electrons. The smallest absolute Gasteiger partial charge is 0.226 e. The maximum absolute atomic E-state index is 12.2. The SMILES string of the molecule is Cc1cccc(Cc2cnc(NC(=O)CCCS(=O)(=O)N3CCCC3)s2)c1Cl. The number of carbonyl (C=O) groups is 1. The predicted octanol–water partition coefficient (Wildman–Crippen LogP) is 3.84. The number of nitrogens with one attached hydrogen (secondary N) is 1. The van der Waals surface area contributed by atoms with E-state index in [0.717, 1.165) is 33.9 Å². The molecule has 28 heavy (non-hydrogen) atoms. The number of aromatic nitrogens is 1. The minimum absolute atomic E-state index is 0.00932. The molecule has 1 aliphatic rings. The molecular weight excluding hydrogens is 418 g/mol. The monoisotopic (exact) mass is 441 g/mol. The van der Waals surface area contributed by atoms with Crippen molar-refractivity contribution in [3.63, 3.8) is 0 Å². The van der Waals surface area contributed by atoms with Crippen LogP contribution in [0.3, 0.4) is 0 Å². The van der Waals surface area contributed by atoms with E-state index in [4.69, 9.17) is 11.6 Å². The molecule has 0 unspecified atom stereocenters. The number of aryl methyl sites for hydroxylation is 1. The van der Waals surface area contributed by atoms with E-state index in [1.807, 2.05) is 25.1 Å². The quantitative estimate of drug-likeness (QED) is 0.674. The molecule has 1 aromatic carbocycles. The molecule has 152 valence electrons. The molecule has 3 rings (SSSR count). The number of benzene rings is 1. The van der Waals surface area contributed by atoms with Gasteiger partial charge in [-0.25, -0.2) is 17.7 Å². The standard InChI is InChI=1S/C19H24ClN3O3S2/c1-14-6-4-7-15(18(14)20)12-16-13-21-19(27-16)22-17(24)8-5-11-28(25,26)23-9-2-3-10-23/h4,6-7,13H,2-3,5,8-12H2,1H3,(H,21,22,24). The van der Waals surface area contributed by atoms with Gasteiger partial charge < -0.3 is 5.32 Å². The van der Waals surface area contributed by atoms with Gasteiger partial charge in [0.25, 0.3) is 0 Å². The van der Waals surface area contributed by atoms with Gasteiger partial charge in [0, 0.05) is 42.0 Å². The molecule has 1 amide bonds. The van der Waals surface area contributed by atoms with E-state index in [9.17, 15) is 13.2 Å². The van der Waals surface area contributed by atoms with Crippen LogP contribution in [-0.4, -0.2) is 42.5 Å². The Bertz CT molecular complexity index is 938. The lowest BCUT2D eigenvalue weighted by Crippen LogP contribution is -2.30. The number of sulfonamides is 1. The van der Waals surface area contributed by atoms with E-state index >= 15 is 0 Å².